The molecule has 0 aromatic heterocycles. The summed E-state index contributed by atoms with van der Waals surface area (Å²) in [4.78, 5) is 25.1. The largest absolute Gasteiger partial charge is 0.375 e. The number of hydrogen-bond acceptors (Lipinski definition) is 3. The van der Waals surface area contributed by atoms with E-state index in [1.54, 1.807) is 48.5 Å². The fourth-order valence-electron chi connectivity index (χ4n) is 3.39. The summed E-state index contributed by atoms with van der Waals surface area (Å²) < 4.78 is 0. The molecule has 0 aliphatic carbocycles. The predicted octanol–water partition coefficient (Wildman–Crippen LogP) is 5.20. The molecule has 0 bridgehead atoms. The number of amides is 1. The van der Waals surface area contributed by atoms with Crippen molar-refractivity contribution in [2.45, 2.75) is 18.9 Å². The zero-order valence-corrected chi connectivity index (χ0v) is 15.9. The minimum Gasteiger partial charge on any atom is -0.375 e. The van der Waals surface area contributed by atoms with Gasteiger partial charge in [0.1, 0.15) is 0 Å². The van der Waals surface area contributed by atoms with Crippen molar-refractivity contribution in [3.63, 3.8) is 0 Å². The summed E-state index contributed by atoms with van der Waals surface area (Å²) in [5.41, 5.74) is 4.00. The average molecular weight is 391 g/mol. The van der Waals surface area contributed by atoms with Gasteiger partial charge in [-0.1, -0.05) is 35.9 Å². The van der Waals surface area contributed by atoms with Gasteiger partial charge in [-0.05, 0) is 66.9 Å². The van der Waals surface area contributed by atoms with Crippen LogP contribution in [0.25, 0.3) is 0 Å². The highest BCUT2D eigenvalue weighted by Crippen LogP contribution is 2.26. The lowest BCUT2D eigenvalue weighted by molar-refractivity contribution is 0.0964. The Balaban J connectivity index is 1.43. The monoisotopic (exact) mass is 390 g/mol. The van der Waals surface area contributed by atoms with Crippen molar-refractivity contribution in [1.29, 1.82) is 0 Å². The molecule has 1 amide bonds. The lowest BCUT2D eigenvalue weighted by Gasteiger charge is -2.26. The third-order valence-electron chi connectivity index (χ3n) is 4.88. The maximum atomic E-state index is 12.8. The number of fused-ring (bicyclic) bond motifs is 1. The number of para-hydroxylation sites is 1. The van der Waals surface area contributed by atoms with Crippen molar-refractivity contribution in [1.82, 2.24) is 0 Å². The summed E-state index contributed by atoms with van der Waals surface area (Å²) in [6, 6.07) is 21.6. The van der Waals surface area contributed by atoms with E-state index in [1.807, 2.05) is 18.2 Å². The van der Waals surface area contributed by atoms with E-state index >= 15 is 0 Å². The number of aryl methyl sites for hydroxylation is 1. The molecule has 4 nitrogen and oxygen atoms in total. The van der Waals surface area contributed by atoms with E-state index in [4.69, 9.17) is 11.6 Å². The second-order valence-electron chi connectivity index (χ2n) is 6.80. The molecule has 1 unspecified atom stereocenters. The Labute approximate surface area is 168 Å². The van der Waals surface area contributed by atoms with Crippen LogP contribution < -0.4 is 10.6 Å². The highest BCUT2D eigenvalue weighted by atomic mass is 35.5. The molecular weight excluding hydrogens is 372 g/mol. The Morgan fingerprint density at radius 2 is 1.71 bits per heavy atom. The van der Waals surface area contributed by atoms with E-state index < -0.39 is 0 Å². The molecule has 0 saturated heterocycles. The molecule has 0 fully saturated rings. The third-order valence-corrected chi connectivity index (χ3v) is 5.12. The van der Waals surface area contributed by atoms with Crippen LogP contribution in [0.1, 0.15) is 32.7 Å². The maximum Gasteiger partial charge on any atom is 0.255 e. The topological polar surface area (TPSA) is 58.2 Å². The summed E-state index contributed by atoms with van der Waals surface area (Å²) in [7, 11) is 0. The lowest BCUT2D eigenvalue weighted by Crippen LogP contribution is -2.33. The number of benzene rings is 3. The third kappa shape index (κ3) is 3.92. The summed E-state index contributed by atoms with van der Waals surface area (Å²) in [6.07, 6.45) is 1.65. The van der Waals surface area contributed by atoms with Gasteiger partial charge >= 0.3 is 0 Å². The Morgan fingerprint density at radius 3 is 2.50 bits per heavy atom. The van der Waals surface area contributed by atoms with Gasteiger partial charge < -0.3 is 10.6 Å². The number of carbonyl (C=O) groups is 2. The highest BCUT2D eigenvalue weighted by Gasteiger charge is 2.24. The van der Waals surface area contributed by atoms with Crippen LogP contribution in [0.2, 0.25) is 5.02 Å². The van der Waals surface area contributed by atoms with Gasteiger partial charge in [0.15, 0.2) is 5.78 Å². The molecule has 4 rings (SSSR count). The van der Waals surface area contributed by atoms with Crippen LogP contribution in [0, 0.1) is 0 Å². The molecule has 0 saturated carbocycles. The van der Waals surface area contributed by atoms with E-state index in [-0.39, 0.29) is 17.7 Å². The molecule has 0 spiro atoms. The number of carbonyl (C=O) groups excluding carboxylic acids is 2. The van der Waals surface area contributed by atoms with Crippen LogP contribution in [-0.2, 0) is 6.42 Å². The smallest absolute Gasteiger partial charge is 0.255 e. The summed E-state index contributed by atoms with van der Waals surface area (Å²) in [5.74, 6) is -0.186. The van der Waals surface area contributed by atoms with Crippen LogP contribution in [0.15, 0.2) is 72.8 Å². The Morgan fingerprint density at radius 1 is 0.929 bits per heavy atom. The standard InChI is InChI=1S/C23H19ClN2O2/c24-18-6-3-5-17(14-18)23(28)25-19-11-8-16(9-12-19)22(27)21-13-10-15-4-1-2-7-20(15)26-21/h1-9,11-12,14,21,26H,10,13H2,(H,25,28). The fraction of sp³-hybridized carbons (Fsp3) is 0.130. The summed E-state index contributed by atoms with van der Waals surface area (Å²) >= 11 is 5.93. The molecule has 1 aliphatic rings. The van der Waals surface area contributed by atoms with Gasteiger partial charge in [-0.25, -0.2) is 0 Å². The number of hydrogen-bond donors (Lipinski definition) is 2. The average Bonchev–Trinajstić information content (AvgIpc) is 2.73. The van der Waals surface area contributed by atoms with Crippen LogP contribution >= 0.6 is 11.6 Å². The molecule has 2 N–H and O–H groups in total. The van der Waals surface area contributed by atoms with Crippen molar-refractivity contribution >= 4 is 34.7 Å². The molecule has 1 aliphatic heterocycles. The minimum atomic E-state index is -0.243. The highest BCUT2D eigenvalue weighted by molar-refractivity contribution is 6.31. The molecular formula is C23H19ClN2O2. The minimum absolute atomic E-state index is 0.0576. The van der Waals surface area contributed by atoms with Gasteiger partial charge in [0, 0.05) is 27.5 Å². The van der Waals surface area contributed by atoms with E-state index in [1.165, 1.54) is 5.56 Å². The Kier molecular flexibility index (Phi) is 5.13. The predicted molar refractivity (Wildman–Crippen MR) is 112 cm³/mol. The summed E-state index contributed by atoms with van der Waals surface area (Å²) in [6.45, 7) is 0. The number of ketones is 1. The molecule has 28 heavy (non-hydrogen) atoms. The molecule has 1 heterocycles. The first-order valence-corrected chi connectivity index (χ1v) is 9.53. The van der Waals surface area contributed by atoms with Crippen molar-refractivity contribution in [2.75, 3.05) is 10.6 Å². The number of nitrogens with one attached hydrogen (secondary N) is 2. The first-order chi connectivity index (χ1) is 13.6. The molecule has 5 heteroatoms. The van der Waals surface area contributed by atoms with Gasteiger partial charge in [-0.15, -0.1) is 0 Å². The van der Waals surface area contributed by atoms with Crippen molar-refractivity contribution in [3.8, 4) is 0 Å². The molecule has 140 valence electrons. The number of anilines is 2. The second kappa shape index (κ2) is 7.87. The lowest BCUT2D eigenvalue weighted by atomic mass is 9.93. The van der Waals surface area contributed by atoms with E-state index in [0.717, 1.165) is 18.5 Å². The summed E-state index contributed by atoms with van der Waals surface area (Å²) in [5, 5.41) is 6.67. The van der Waals surface area contributed by atoms with Crippen molar-refractivity contribution in [2.24, 2.45) is 0 Å². The van der Waals surface area contributed by atoms with Crippen LogP contribution in [-0.4, -0.2) is 17.7 Å². The number of rotatable bonds is 4. The van der Waals surface area contributed by atoms with Crippen molar-refractivity contribution < 1.29 is 9.59 Å². The Hall–Kier alpha value is -3.11. The van der Waals surface area contributed by atoms with Crippen LogP contribution in [0.3, 0.4) is 0 Å². The maximum absolute atomic E-state index is 12.8. The normalized spacial score (nSPS) is 15.2. The quantitative estimate of drug-likeness (QED) is 0.602. The first kappa shape index (κ1) is 18.3. The van der Waals surface area contributed by atoms with E-state index in [0.29, 0.717) is 21.8 Å². The number of Topliss-reactive ketones (excluding diaryl/α,β-unsaturated/α-hetero) is 1. The zero-order chi connectivity index (χ0) is 19.5. The zero-order valence-electron chi connectivity index (χ0n) is 15.1. The van der Waals surface area contributed by atoms with Gasteiger partial charge in [0.25, 0.3) is 5.91 Å². The van der Waals surface area contributed by atoms with E-state index in [9.17, 15) is 9.59 Å². The van der Waals surface area contributed by atoms with Crippen molar-refractivity contribution in [3.05, 3.63) is 94.5 Å². The van der Waals surface area contributed by atoms with E-state index in [2.05, 4.69) is 16.7 Å². The molecule has 0 radical (unpaired) electrons. The van der Waals surface area contributed by atoms with Gasteiger partial charge in [0.2, 0.25) is 0 Å². The van der Waals surface area contributed by atoms with Crippen LogP contribution in [0.4, 0.5) is 11.4 Å². The van der Waals surface area contributed by atoms with Gasteiger partial charge in [0.05, 0.1) is 6.04 Å². The van der Waals surface area contributed by atoms with Gasteiger partial charge in [-0.2, -0.15) is 0 Å². The Bertz CT molecular complexity index is 1030. The fourth-order valence-corrected chi connectivity index (χ4v) is 3.58. The molecule has 3 aromatic carbocycles. The first-order valence-electron chi connectivity index (χ1n) is 9.16. The number of halogens is 1. The SMILES string of the molecule is O=C(Nc1ccc(C(=O)C2CCc3ccccc3N2)cc1)c1cccc(Cl)c1. The molecule has 3 aromatic rings. The van der Waals surface area contributed by atoms with Gasteiger partial charge in [-0.3, -0.25) is 9.59 Å². The molecule has 1 atom stereocenters. The second-order valence-corrected chi connectivity index (χ2v) is 7.24. The van der Waals surface area contributed by atoms with Crippen LogP contribution in [0.5, 0.6) is 0 Å².